The van der Waals surface area contributed by atoms with Crippen LogP contribution in [0, 0.1) is 0 Å². The Kier molecular flexibility index (Phi) is 4.92. The molecule has 5 aromatic rings. The number of aryl methyl sites for hydroxylation is 2. The third-order valence-electron chi connectivity index (χ3n) is 5.34. The molecule has 0 aliphatic heterocycles. The van der Waals surface area contributed by atoms with Crippen LogP contribution in [0.3, 0.4) is 0 Å². The summed E-state index contributed by atoms with van der Waals surface area (Å²) in [5.41, 5.74) is 3.15. The Labute approximate surface area is 178 Å². The maximum absolute atomic E-state index is 11.8. The van der Waals surface area contributed by atoms with Crippen LogP contribution in [0.5, 0.6) is 5.75 Å². The van der Waals surface area contributed by atoms with Gasteiger partial charge >= 0.3 is 0 Å². The average molecular weight is 411 g/mol. The van der Waals surface area contributed by atoms with Gasteiger partial charge in [0.1, 0.15) is 12.1 Å². The van der Waals surface area contributed by atoms with E-state index in [1.54, 1.807) is 22.2 Å². The zero-order valence-corrected chi connectivity index (χ0v) is 17.1. The van der Waals surface area contributed by atoms with Gasteiger partial charge in [0, 0.05) is 37.1 Å². The van der Waals surface area contributed by atoms with Gasteiger partial charge in [-0.3, -0.25) is 4.79 Å². The highest BCUT2D eigenvalue weighted by Crippen LogP contribution is 2.34. The lowest BCUT2D eigenvalue weighted by molar-refractivity contribution is 0.314. The largest absolute Gasteiger partial charge is 0.493 e. The van der Waals surface area contributed by atoms with Crippen molar-refractivity contribution in [2.75, 3.05) is 6.61 Å². The fourth-order valence-electron chi connectivity index (χ4n) is 3.75. The van der Waals surface area contributed by atoms with Crippen LogP contribution in [-0.4, -0.2) is 30.8 Å². The van der Waals surface area contributed by atoms with Crippen molar-refractivity contribution in [2.45, 2.75) is 12.8 Å². The number of pyridine rings is 1. The van der Waals surface area contributed by atoms with Crippen LogP contribution in [0.1, 0.15) is 12.0 Å². The first kappa shape index (κ1) is 19.0. The maximum Gasteiger partial charge on any atom is 0.252 e. The topological polar surface area (TPSA) is 74.3 Å². The van der Waals surface area contributed by atoms with Crippen LogP contribution < -0.4 is 10.3 Å². The molecule has 0 aliphatic rings. The SMILES string of the molecule is Cn1cc(-c2ccc(OCCCc3cnc4ncnn4c3)c3ccccc23)ccc1=O. The lowest BCUT2D eigenvalue weighted by Gasteiger charge is -2.13. The molecule has 0 fully saturated rings. The van der Waals surface area contributed by atoms with E-state index < -0.39 is 0 Å². The first-order valence-corrected chi connectivity index (χ1v) is 10.1. The Morgan fingerprint density at radius 2 is 1.84 bits per heavy atom. The number of ether oxygens (including phenoxy) is 1. The van der Waals surface area contributed by atoms with E-state index in [-0.39, 0.29) is 5.56 Å². The second-order valence-corrected chi connectivity index (χ2v) is 7.44. The van der Waals surface area contributed by atoms with E-state index in [4.69, 9.17) is 4.74 Å². The van der Waals surface area contributed by atoms with Crippen molar-refractivity contribution < 1.29 is 4.74 Å². The van der Waals surface area contributed by atoms with E-state index in [0.29, 0.717) is 12.4 Å². The Bertz CT molecular complexity index is 1440. The second-order valence-electron chi connectivity index (χ2n) is 7.44. The Hall–Kier alpha value is -4.00. The van der Waals surface area contributed by atoms with Crippen LogP contribution in [0.4, 0.5) is 0 Å². The molecule has 0 atom stereocenters. The van der Waals surface area contributed by atoms with Gasteiger partial charge in [-0.25, -0.2) is 9.50 Å². The summed E-state index contributed by atoms with van der Waals surface area (Å²) in [5.74, 6) is 1.46. The number of nitrogens with zero attached hydrogens (tertiary/aromatic N) is 5. The zero-order chi connectivity index (χ0) is 21.2. The van der Waals surface area contributed by atoms with Crippen molar-refractivity contribution in [3.63, 3.8) is 0 Å². The third-order valence-corrected chi connectivity index (χ3v) is 5.34. The summed E-state index contributed by atoms with van der Waals surface area (Å²) in [6, 6.07) is 15.7. The van der Waals surface area contributed by atoms with Gasteiger partial charge in [-0.05, 0) is 53.1 Å². The predicted molar refractivity (Wildman–Crippen MR) is 119 cm³/mol. The first-order valence-electron chi connectivity index (χ1n) is 10.1. The van der Waals surface area contributed by atoms with E-state index in [0.717, 1.165) is 46.1 Å². The number of rotatable bonds is 6. The monoisotopic (exact) mass is 411 g/mol. The van der Waals surface area contributed by atoms with Crippen molar-refractivity contribution in [1.29, 1.82) is 0 Å². The molecule has 2 aromatic carbocycles. The quantitative estimate of drug-likeness (QED) is 0.399. The van der Waals surface area contributed by atoms with Gasteiger partial charge in [0.25, 0.3) is 5.78 Å². The molecule has 31 heavy (non-hydrogen) atoms. The highest BCUT2D eigenvalue weighted by Gasteiger charge is 2.09. The number of hydrogen-bond acceptors (Lipinski definition) is 5. The van der Waals surface area contributed by atoms with Crippen molar-refractivity contribution in [2.24, 2.45) is 7.05 Å². The minimum Gasteiger partial charge on any atom is -0.493 e. The number of benzene rings is 2. The van der Waals surface area contributed by atoms with E-state index >= 15 is 0 Å². The summed E-state index contributed by atoms with van der Waals surface area (Å²) in [5, 5.41) is 6.28. The fraction of sp³-hybridized carbons (Fsp3) is 0.167. The molecule has 0 unspecified atom stereocenters. The lowest BCUT2D eigenvalue weighted by Crippen LogP contribution is -2.13. The van der Waals surface area contributed by atoms with Crippen LogP contribution in [-0.2, 0) is 13.5 Å². The number of hydrogen-bond donors (Lipinski definition) is 0. The molecular formula is C24H21N5O2. The molecule has 0 saturated heterocycles. The molecule has 0 N–H and O–H groups in total. The fourth-order valence-corrected chi connectivity index (χ4v) is 3.75. The second kappa shape index (κ2) is 8.02. The normalized spacial score (nSPS) is 11.3. The Morgan fingerprint density at radius 1 is 0.968 bits per heavy atom. The summed E-state index contributed by atoms with van der Waals surface area (Å²) >= 11 is 0. The van der Waals surface area contributed by atoms with Crippen molar-refractivity contribution in [1.82, 2.24) is 24.1 Å². The molecule has 0 spiro atoms. The van der Waals surface area contributed by atoms with Gasteiger partial charge in [0.2, 0.25) is 5.56 Å². The summed E-state index contributed by atoms with van der Waals surface area (Å²) in [6.07, 6.45) is 8.85. The molecule has 154 valence electrons. The van der Waals surface area contributed by atoms with Gasteiger partial charge in [-0.1, -0.05) is 24.3 Å². The molecule has 0 saturated carbocycles. The molecule has 7 heteroatoms. The van der Waals surface area contributed by atoms with Gasteiger partial charge in [0.05, 0.1) is 6.61 Å². The minimum atomic E-state index is -0.0221. The van der Waals surface area contributed by atoms with Gasteiger partial charge < -0.3 is 9.30 Å². The first-order chi connectivity index (χ1) is 15.2. The highest BCUT2D eigenvalue weighted by atomic mass is 16.5. The van der Waals surface area contributed by atoms with Crippen molar-refractivity contribution in [3.05, 3.63) is 89.4 Å². The van der Waals surface area contributed by atoms with E-state index in [1.807, 2.05) is 42.9 Å². The molecule has 7 nitrogen and oxygen atoms in total. The molecule has 5 rings (SSSR count). The smallest absolute Gasteiger partial charge is 0.252 e. The molecule has 0 bridgehead atoms. The summed E-state index contributed by atoms with van der Waals surface area (Å²) in [4.78, 5) is 20.1. The van der Waals surface area contributed by atoms with Crippen molar-refractivity contribution >= 4 is 16.6 Å². The van der Waals surface area contributed by atoms with Gasteiger partial charge in [-0.2, -0.15) is 10.1 Å². The van der Waals surface area contributed by atoms with Gasteiger partial charge in [0.15, 0.2) is 0 Å². The molecular weight excluding hydrogens is 390 g/mol. The number of fused-ring (bicyclic) bond motifs is 2. The Balaban J connectivity index is 1.34. The summed E-state index contributed by atoms with van der Waals surface area (Å²) in [7, 11) is 1.77. The van der Waals surface area contributed by atoms with E-state index in [2.05, 4.69) is 33.3 Å². The van der Waals surface area contributed by atoms with Gasteiger partial charge in [-0.15, -0.1) is 0 Å². The molecule has 3 aromatic heterocycles. The van der Waals surface area contributed by atoms with Crippen LogP contribution in [0.15, 0.2) is 78.2 Å². The summed E-state index contributed by atoms with van der Waals surface area (Å²) in [6.45, 7) is 0.596. The lowest BCUT2D eigenvalue weighted by atomic mass is 9.99. The maximum atomic E-state index is 11.8. The van der Waals surface area contributed by atoms with E-state index in [1.165, 1.54) is 6.33 Å². The van der Waals surface area contributed by atoms with Crippen LogP contribution >= 0.6 is 0 Å². The van der Waals surface area contributed by atoms with Crippen LogP contribution in [0.25, 0.3) is 27.7 Å². The molecule has 0 amide bonds. The molecule has 0 aliphatic carbocycles. The summed E-state index contributed by atoms with van der Waals surface area (Å²) < 4.78 is 9.42. The number of aromatic nitrogens is 5. The highest BCUT2D eigenvalue weighted by molar-refractivity contribution is 6.00. The van der Waals surface area contributed by atoms with E-state index in [9.17, 15) is 4.79 Å². The van der Waals surface area contributed by atoms with Crippen molar-refractivity contribution in [3.8, 4) is 16.9 Å². The zero-order valence-electron chi connectivity index (χ0n) is 17.1. The minimum absolute atomic E-state index is 0.0221. The molecule has 0 radical (unpaired) electrons. The standard InChI is InChI=1S/C24H21N5O2/c1-28-15-18(8-11-23(28)30)19-9-10-22(21-7-3-2-6-20(19)21)31-12-4-5-17-13-25-24-26-16-27-29(24)14-17/h2-3,6-11,13-16H,4-5,12H2,1H3. The van der Waals surface area contributed by atoms with Crippen LogP contribution in [0.2, 0.25) is 0 Å². The predicted octanol–water partition coefficient (Wildman–Crippen LogP) is 3.65. The molecule has 3 heterocycles. The third kappa shape index (κ3) is 3.77. The average Bonchev–Trinajstić information content (AvgIpc) is 3.26. The Morgan fingerprint density at radius 3 is 2.71 bits per heavy atom.